The van der Waals surface area contributed by atoms with Gasteiger partial charge in [-0.2, -0.15) is 14.9 Å². The van der Waals surface area contributed by atoms with Crippen LogP contribution in [0.1, 0.15) is 29.7 Å². The van der Waals surface area contributed by atoms with Crippen LogP contribution in [0.3, 0.4) is 0 Å². The minimum atomic E-state index is 0.306. The first-order valence-corrected chi connectivity index (χ1v) is 9.68. The van der Waals surface area contributed by atoms with Crippen molar-refractivity contribution in [1.82, 2.24) is 24.9 Å². The minimum absolute atomic E-state index is 0.306. The minimum Gasteiger partial charge on any atom is -0.354 e. The number of rotatable bonds is 2. The molecule has 0 radical (unpaired) electrons. The van der Waals surface area contributed by atoms with Gasteiger partial charge in [0, 0.05) is 45.2 Å². The van der Waals surface area contributed by atoms with Crippen LogP contribution in [0.15, 0.2) is 30.6 Å². The summed E-state index contributed by atoms with van der Waals surface area (Å²) in [6.07, 6.45) is 1.50. The lowest BCUT2D eigenvalue weighted by atomic mass is 9.96. The second kappa shape index (κ2) is 6.77. The highest BCUT2D eigenvalue weighted by atomic mass is 15.4. The summed E-state index contributed by atoms with van der Waals surface area (Å²) in [6, 6.07) is 10.3. The SMILES string of the molecule is C[C@H]1CN(c2ccc(C#N)c3ncnn23)Cc2ccc(N3CCNCC3)nc21. The predicted molar refractivity (Wildman–Crippen MR) is 106 cm³/mol. The average Bonchev–Trinajstić information content (AvgIpc) is 3.23. The van der Waals surface area contributed by atoms with Crippen LogP contribution >= 0.6 is 0 Å². The molecule has 1 fully saturated rings. The van der Waals surface area contributed by atoms with E-state index in [1.165, 1.54) is 17.6 Å². The molecule has 1 saturated heterocycles. The summed E-state index contributed by atoms with van der Waals surface area (Å²) in [7, 11) is 0. The first kappa shape index (κ1) is 17.0. The van der Waals surface area contributed by atoms with Crippen LogP contribution in [0, 0.1) is 11.3 Å². The van der Waals surface area contributed by atoms with Gasteiger partial charge in [-0.15, -0.1) is 0 Å². The topological polar surface area (TPSA) is 85.4 Å². The van der Waals surface area contributed by atoms with Gasteiger partial charge in [0.15, 0.2) is 5.65 Å². The first-order chi connectivity index (χ1) is 13.7. The fourth-order valence-corrected chi connectivity index (χ4v) is 4.21. The van der Waals surface area contributed by atoms with Crippen LogP contribution in [-0.2, 0) is 6.54 Å². The Morgan fingerprint density at radius 1 is 1.14 bits per heavy atom. The van der Waals surface area contributed by atoms with E-state index in [2.05, 4.69) is 50.3 Å². The quantitative estimate of drug-likeness (QED) is 0.728. The number of fused-ring (bicyclic) bond motifs is 2. The maximum absolute atomic E-state index is 9.30. The average molecular weight is 374 g/mol. The van der Waals surface area contributed by atoms with Crippen molar-refractivity contribution in [2.75, 3.05) is 42.5 Å². The van der Waals surface area contributed by atoms with Crippen molar-refractivity contribution < 1.29 is 0 Å². The van der Waals surface area contributed by atoms with Gasteiger partial charge in [-0.1, -0.05) is 13.0 Å². The maximum Gasteiger partial charge on any atom is 0.175 e. The number of piperazine rings is 1. The Balaban J connectivity index is 1.48. The fraction of sp³-hybridized carbons (Fsp3) is 0.400. The Kier molecular flexibility index (Phi) is 4.10. The normalized spacial score (nSPS) is 19.5. The van der Waals surface area contributed by atoms with Crippen LogP contribution < -0.4 is 15.1 Å². The molecule has 0 bridgehead atoms. The summed E-state index contributed by atoms with van der Waals surface area (Å²) in [4.78, 5) is 13.9. The molecule has 142 valence electrons. The van der Waals surface area contributed by atoms with Crippen LogP contribution in [-0.4, -0.2) is 52.3 Å². The van der Waals surface area contributed by atoms with Gasteiger partial charge in [0.1, 0.15) is 24.0 Å². The van der Waals surface area contributed by atoms with Crippen LogP contribution in [0.4, 0.5) is 11.6 Å². The number of nitrogens with one attached hydrogen (secondary N) is 1. The van der Waals surface area contributed by atoms with E-state index in [0.29, 0.717) is 17.1 Å². The second-order valence-corrected chi connectivity index (χ2v) is 7.44. The molecule has 1 N–H and O–H groups in total. The van der Waals surface area contributed by atoms with E-state index in [0.717, 1.165) is 50.9 Å². The highest BCUT2D eigenvalue weighted by Crippen LogP contribution is 2.32. The number of hydrogen-bond donors (Lipinski definition) is 1. The van der Waals surface area contributed by atoms with E-state index in [-0.39, 0.29) is 0 Å². The molecule has 2 aliphatic heterocycles. The Hall–Kier alpha value is -3.18. The van der Waals surface area contributed by atoms with E-state index in [1.54, 1.807) is 4.52 Å². The smallest absolute Gasteiger partial charge is 0.175 e. The molecule has 0 aliphatic carbocycles. The molecule has 5 heterocycles. The van der Waals surface area contributed by atoms with Crippen LogP contribution in [0.5, 0.6) is 0 Å². The molecule has 3 aromatic heterocycles. The summed E-state index contributed by atoms with van der Waals surface area (Å²) in [5.74, 6) is 2.34. The van der Waals surface area contributed by atoms with Gasteiger partial charge < -0.3 is 15.1 Å². The van der Waals surface area contributed by atoms with Gasteiger partial charge in [0.05, 0.1) is 11.3 Å². The molecule has 28 heavy (non-hydrogen) atoms. The summed E-state index contributed by atoms with van der Waals surface area (Å²) in [5.41, 5.74) is 3.57. The second-order valence-electron chi connectivity index (χ2n) is 7.44. The van der Waals surface area contributed by atoms with Crippen LogP contribution in [0.2, 0.25) is 0 Å². The molecule has 0 saturated carbocycles. The fourth-order valence-electron chi connectivity index (χ4n) is 4.21. The standard InChI is InChI=1S/C20H22N8/c1-14-11-27(18-5-3-15(10-21)20-23-13-24-28(18)20)12-16-2-4-17(25-19(14)16)26-8-6-22-7-9-26/h2-5,13-14,22H,6-9,11-12H2,1H3/t14-/m0/s1. The molecular weight excluding hydrogens is 352 g/mol. The molecular formula is C20H22N8. The van der Waals surface area contributed by atoms with Crippen molar-refractivity contribution in [2.45, 2.75) is 19.4 Å². The predicted octanol–water partition coefficient (Wildman–Crippen LogP) is 1.53. The summed E-state index contributed by atoms with van der Waals surface area (Å²) in [6.45, 7) is 7.87. The number of pyridine rings is 2. The Bertz CT molecular complexity index is 1060. The molecule has 0 amide bonds. The van der Waals surface area contributed by atoms with Crippen molar-refractivity contribution >= 4 is 17.3 Å². The molecule has 8 heteroatoms. The van der Waals surface area contributed by atoms with E-state index in [9.17, 15) is 5.26 Å². The summed E-state index contributed by atoms with van der Waals surface area (Å²) < 4.78 is 1.76. The van der Waals surface area contributed by atoms with Gasteiger partial charge in [0.2, 0.25) is 0 Å². The van der Waals surface area contributed by atoms with Crippen molar-refractivity contribution in [3.8, 4) is 6.07 Å². The third kappa shape index (κ3) is 2.75. The molecule has 3 aromatic rings. The molecule has 0 unspecified atom stereocenters. The van der Waals surface area contributed by atoms with Crippen molar-refractivity contribution in [3.63, 3.8) is 0 Å². The molecule has 0 aromatic carbocycles. The van der Waals surface area contributed by atoms with Gasteiger partial charge in [0.25, 0.3) is 0 Å². The zero-order valence-electron chi connectivity index (χ0n) is 15.8. The lowest BCUT2D eigenvalue weighted by Gasteiger charge is -2.35. The first-order valence-electron chi connectivity index (χ1n) is 9.68. The van der Waals surface area contributed by atoms with E-state index in [1.807, 2.05) is 12.1 Å². The Morgan fingerprint density at radius 2 is 2.00 bits per heavy atom. The highest BCUT2D eigenvalue weighted by Gasteiger charge is 2.27. The largest absolute Gasteiger partial charge is 0.354 e. The Morgan fingerprint density at radius 3 is 2.82 bits per heavy atom. The maximum atomic E-state index is 9.30. The molecule has 0 spiro atoms. The van der Waals surface area contributed by atoms with Gasteiger partial charge in [-0.05, 0) is 23.8 Å². The number of anilines is 2. The zero-order valence-corrected chi connectivity index (χ0v) is 15.8. The lowest BCUT2D eigenvalue weighted by Crippen LogP contribution is -2.44. The molecule has 5 rings (SSSR count). The number of hydrogen-bond acceptors (Lipinski definition) is 7. The van der Waals surface area contributed by atoms with Gasteiger partial charge >= 0.3 is 0 Å². The lowest BCUT2D eigenvalue weighted by molar-refractivity contribution is 0.576. The number of aromatic nitrogens is 4. The molecule has 1 atom stereocenters. The van der Waals surface area contributed by atoms with E-state index < -0.39 is 0 Å². The van der Waals surface area contributed by atoms with Gasteiger partial charge in [-0.3, -0.25) is 0 Å². The van der Waals surface area contributed by atoms with Crippen molar-refractivity contribution in [3.05, 3.63) is 47.4 Å². The Labute approximate surface area is 163 Å². The monoisotopic (exact) mass is 374 g/mol. The van der Waals surface area contributed by atoms with Crippen LogP contribution in [0.25, 0.3) is 5.65 Å². The number of nitriles is 1. The third-order valence-corrected chi connectivity index (χ3v) is 5.61. The van der Waals surface area contributed by atoms with Crippen molar-refractivity contribution in [1.29, 1.82) is 5.26 Å². The molecule has 8 nitrogen and oxygen atoms in total. The van der Waals surface area contributed by atoms with Crippen molar-refractivity contribution in [2.24, 2.45) is 0 Å². The van der Waals surface area contributed by atoms with E-state index in [4.69, 9.17) is 4.98 Å². The summed E-state index contributed by atoms with van der Waals surface area (Å²) >= 11 is 0. The van der Waals surface area contributed by atoms with E-state index >= 15 is 0 Å². The zero-order chi connectivity index (χ0) is 19.1. The van der Waals surface area contributed by atoms with Gasteiger partial charge in [-0.25, -0.2) is 9.97 Å². The summed E-state index contributed by atoms with van der Waals surface area (Å²) in [5, 5.41) is 17.0. The highest BCUT2D eigenvalue weighted by molar-refractivity contribution is 5.61. The molecule has 2 aliphatic rings. The third-order valence-electron chi connectivity index (χ3n) is 5.61. The number of nitrogens with zero attached hydrogens (tertiary/aromatic N) is 7.